The molecule has 0 aliphatic heterocycles. The van der Waals surface area contributed by atoms with Crippen LogP contribution in [-0.4, -0.2) is 6.54 Å². The number of rotatable bonds is 4. The van der Waals surface area contributed by atoms with E-state index in [1.54, 1.807) is 12.1 Å². The third-order valence-corrected chi connectivity index (χ3v) is 3.95. The number of nitrogens with zero attached hydrogens (tertiary/aromatic N) is 1. The third kappa shape index (κ3) is 3.17. The van der Waals surface area contributed by atoms with Gasteiger partial charge in [0.2, 0.25) is 0 Å². The van der Waals surface area contributed by atoms with E-state index in [1.165, 1.54) is 11.1 Å². The molecule has 0 radical (unpaired) electrons. The fourth-order valence-corrected chi connectivity index (χ4v) is 2.43. The summed E-state index contributed by atoms with van der Waals surface area (Å²) in [6.07, 6.45) is 0.823. The first-order chi connectivity index (χ1) is 9.63. The van der Waals surface area contributed by atoms with Crippen LogP contribution in [0.1, 0.15) is 16.7 Å². The molecular weight excluding hydrogens is 319 g/mol. The van der Waals surface area contributed by atoms with E-state index in [4.69, 9.17) is 5.26 Å². The molecule has 0 amide bonds. The molecule has 2 nitrogen and oxygen atoms in total. The quantitative estimate of drug-likeness (QED) is 0.899. The molecule has 0 atom stereocenters. The van der Waals surface area contributed by atoms with E-state index in [2.05, 4.69) is 40.3 Å². The molecule has 4 heteroatoms. The summed E-state index contributed by atoms with van der Waals surface area (Å²) in [4.78, 5) is 0. The second-order valence-corrected chi connectivity index (χ2v) is 5.30. The molecule has 0 saturated carbocycles. The van der Waals surface area contributed by atoms with Crippen LogP contribution in [-0.2, 0) is 6.42 Å². The third-order valence-electron chi connectivity index (χ3n) is 3.17. The highest BCUT2D eigenvalue weighted by atomic mass is 79.9. The molecule has 20 heavy (non-hydrogen) atoms. The average molecular weight is 333 g/mol. The SMILES string of the molecule is Cc1ccccc1CCNc1ccc(C#N)c(Br)c1F. The highest BCUT2D eigenvalue weighted by Gasteiger charge is 2.10. The van der Waals surface area contributed by atoms with Crippen molar-refractivity contribution in [3.8, 4) is 6.07 Å². The molecule has 2 rings (SSSR count). The van der Waals surface area contributed by atoms with Crippen molar-refractivity contribution in [2.75, 3.05) is 11.9 Å². The summed E-state index contributed by atoms with van der Waals surface area (Å²) in [5.41, 5.74) is 3.18. The number of halogens is 2. The molecule has 0 saturated heterocycles. The summed E-state index contributed by atoms with van der Waals surface area (Å²) in [6.45, 7) is 2.70. The molecule has 2 aromatic rings. The van der Waals surface area contributed by atoms with Crippen molar-refractivity contribution in [1.82, 2.24) is 0 Å². The van der Waals surface area contributed by atoms with Crippen molar-refractivity contribution in [2.45, 2.75) is 13.3 Å². The van der Waals surface area contributed by atoms with Crippen LogP contribution in [0.4, 0.5) is 10.1 Å². The normalized spacial score (nSPS) is 10.1. The Morgan fingerprint density at radius 3 is 2.70 bits per heavy atom. The first-order valence-corrected chi connectivity index (χ1v) is 7.09. The highest BCUT2D eigenvalue weighted by molar-refractivity contribution is 9.10. The molecule has 0 aliphatic rings. The van der Waals surface area contributed by atoms with Crippen LogP contribution < -0.4 is 5.32 Å². The standard InChI is InChI=1S/C16H14BrFN2/c1-11-4-2-3-5-12(11)8-9-20-14-7-6-13(10-19)15(17)16(14)18/h2-7,20H,8-9H2,1H3. The number of nitrogens with one attached hydrogen (secondary N) is 1. The van der Waals surface area contributed by atoms with Crippen LogP contribution >= 0.6 is 15.9 Å². The number of anilines is 1. The van der Waals surface area contributed by atoms with E-state index < -0.39 is 5.82 Å². The van der Waals surface area contributed by atoms with E-state index >= 15 is 0 Å². The van der Waals surface area contributed by atoms with Gasteiger partial charge in [-0.2, -0.15) is 5.26 Å². The predicted molar refractivity (Wildman–Crippen MR) is 82.2 cm³/mol. The Balaban J connectivity index is 2.04. The lowest BCUT2D eigenvalue weighted by atomic mass is 10.1. The smallest absolute Gasteiger partial charge is 0.161 e. The van der Waals surface area contributed by atoms with Gasteiger partial charge in [0.25, 0.3) is 0 Å². The van der Waals surface area contributed by atoms with Crippen molar-refractivity contribution in [3.05, 3.63) is 63.4 Å². The summed E-state index contributed by atoms with van der Waals surface area (Å²) < 4.78 is 14.2. The van der Waals surface area contributed by atoms with Gasteiger partial charge in [0.1, 0.15) is 6.07 Å². The number of benzene rings is 2. The lowest BCUT2D eigenvalue weighted by Crippen LogP contribution is -2.07. The second kappa shape index (κ2) is 6.53. The summed E-state index contributed by atoms with van der Waals surface area (Å²) in [7, 11) is 0. The first-order valence-electron chi connectivity index (χ1n) is 6.30. The van der Waals surface area contributed by atoms with Gasteiger partial charge in [0.15, 0.2) is 5.82 Å². The van der Waals surface area contributed by atoms with Crippen LogP contribution in [0.15, 0.2) is 40.9 Å². The maximum absolute atomic E-state index is 14.0. The minimum Gasteiger partial charge on any atom is -0.382 e. The summed E-state index contributed by atoms with van der Waals surface area (Å²) in [6, 6.07) is 13.3. The van der Waals surface area contributed by atoms with Gasteiger partial charge in [0, 0.05) is 6.54 Å². The van der Waals surface area contributed by atoms with Crippen LogP contribution in [0.3, 0.4) is 0 Å². The van der Waals surface area contributed by atoms with Crippen LogP contribution in [0.5, 0.6) is 0 Å². The zero-order chi connectivity index (χ0) is 14.5. The summed E-state index contributed by atoms with van der Waals surface area (Å²) in [5.74, 6) is -0.422. The monoisotopic (exact) mass is 332 g/mol. The van der Waals surface area contributed by atoms with Crippen molar-refractivity contribution >= 4 is 21.6 Å². The second-order valence-electron chi connectivity index (χ2n) is 4.50. The Bertz CT molecular complexity index is 662. The largest absolute Gasteiger partial charge is 0.382 e. The molecule has 0 aliphatic carbocycles. The molecule has 102 valence electrons. The van der Waals surface area contributed by atoms with Crippen molar-refractivity contribution in [2.24, 2.45) is 0 Å². The van der Waals surface area contributed by atoms with Crippen LogP contribution in [0.25, 0.3) is 0 Å². The van der Waals surface area contributed by atoms with Crippen LogP contribution in [0.2, 0.25) is 0 Å². The van der Waals surface area contributed by atoms with Gasteiger partial charge in [-0.15, -0.1) is 0 Å². The number of aryl methyl sites for hydroxylation is 1. The highest BCUT2D eigenvalue weighted by Crippen LogP contribution is 2.26. The fraction of sp³-hybridized carbons (Fsp3) is 0.188. The van der Waals surface area contributed by atoms with Crippen molar-refractivity contribution in [1.29, 1.82) is 5.26 Å². The Hall–Kier alpha value is -1.86. The van der Waals surface area contributed by atoms with E-state index in [0.29, 0.717) is 17.8 Å². The van der Waals surface area contributed by atoms with E-state index in [1.807, 2.05) is 18.2 Å². The molecule has 0 bridgehead atoms. The lowest BCUT2D eigenvalue weighted by Gasteiger charge is -2.10. The topological polar surface area (TPSA) is 35.8 Å². The number of hydrogen-bond donors (Lipinski definition) is 1. The van der Waals surface area contributed by atoms with E-state index in [-0.39, 0.29) is 4.47 Å². The molecule has 0 fully saturated rings. The minimum atomic E-state index is -0.422. The Kier molecular flexibility index (Phi) is 4.75. The van der Waals surface area contributed by atoms with Gasteiger partial charge in [-0.05, 0) is 52.5 Å². The van der Waals surface area contributed by atoms with Crippen molar-refractivity contribution < 1.29 is 4.39 Å². The van der Waals surface area contributed by atoms with E-state index in [0.717, 1.165) is 6.42 Å². The molecular formula is C16H14BrFN2. The molecule has 0 heterocycles. The molecule has 1 N–H and O–H groups in total. The molecule has 0 unspecified atom stereocenters. The molecule has 0 spiro atoms. The van der Waals surface area contributed by atoms with Gasteiger partial charge in [0.05, 0.1) is 15.7 Å². The first kappa shape index (κ1) is 14.5. The maximum Gasteiger partial charge on any atom is 0.161 e. The number of nitriles is 1. The Morgan fingerprint density at radius 1 is 1.25 bits per heavy atom. The summed E-state index contributed by atoms with van der Waals surface area (Å²) >= 11 is 3.10. The summed E-state index contributed by atoms with van der Waals surface area (Å²) in [5, 5.41) is 11.9. The molecule has 2 aromatic carbocycles. The average Bonchev–Trinajstić information content (AvgIpc) is 2.46. The maximum atomic E-state index is 14.0. The lowest BCUT2D eigenvalue weighted by molar-refractivity contribution is 0.623. The minimum absolute atomic E-state index is 0.209. The predicted octanol–water partition coefficient (Wildman–Crippen LogP) is 4.42. The van der Waals surface area contributed by atoms with Gasteiger partial charge in [-0.1, -0.05) is 24.3 Å². The van der Waals surface area contributed by atoms with E-state index in [9.17, 15) is 4.39 Å². The zero-order valence-corrected chi connectivity index (χ0v) is 12.7. The van der Waals surface area contributed by atoms with Crippen molar-refractivity contribution in [3.63, 3.8) is 0 Å². The van der Waals surface area contributed by atoms with Crippen LogP contribution in [0, 0.1) is 24.1 Å². The molecule has 0 aromatic heterocycles. The Labute approximate surface area is 126 Å². The van der Waals surface area contributed by atoms with Gasteiger partial charge < -0.3 is 5.32 Å². The Morgan fingerprint density at radius 2 is 2.00 bits per heavy atom. The zero-order valence-electron chi connectivity index (χ0n) is 11.1. The number of hydrogen-bond acceptors (Lipinski definition) is 2. The van der Waals surface area contributed by atoms with Gasteiger partial charge in [-0.3, -0.25) is 0 Å². The fourth-order valence-electron chi connectivity index (χ4n) is 1.99. The van der Waals surface area contributed by atoms with Gasteiger partial charge >= 0.3 is 0 Å². The van der Waals surface area contributed by atoms with Gasteiger partial charge in [-0.25, -0.2) is 4.39 Å².